The number of anilines is 1. The van der Waals surface area contributed by atoms with Crippen LogP contribution >= 0.6 is 0 Å². The summed E-state index contributed by atoms with van der Waals surface area (Å²) in [6.07, 6.45) is 3.73. The minimum atomic E-state index is -0.945. The van der Waals surface area contributed by atoms with Crippen molar-refractivity contribution in [2.75, 3.05) is 84.9 Å². The SMILES string of the molecule is CCOCCOCCNC(=O)CC(N)C(=O)NCCOCCOCCOCCCC(=O)CCc1ccc(COc2nccc(N)n2)cc1. The molecule has 0 aliphatic carbocycles. The normalized spacial score (nSPS) is 11.6. The number of hydrogen-bond donors (Lipinski definition) is 4. The highest BCUT2D eigenvalue weighted by Gasteiger charge is 2.16. The molecule has 1 atom stereocenters. The lowest BCUT2D eigenvalue weighted by Crippen LogP contribution is -2.45. The second kappa shape index (κ2) is 26.3. The standard InChI is InChI=1S/C33H52N6O9/c1-2-43-18-19-45-16-13-36-31(41)24-29(34)32(42)37-14-17-46-21-23-47-22-20-44-15-3-4-28(40)10-9-26-5-7-27(8-6-26)25-48-33-38-12-11-30(35)39-33/h5-8,11-12,29H,2-4,9-10,13-25,34H2,1H3,(H,36,41)(H,37,42)(H2,35,38,39). The number of nitrogens with zero attached hydrogens (tertiary/aromatic N) is 2. The Morgan fingerprint density at radius 3 is 2.04 bits per heavy atom. The van der Waals surface area contributed by atoms with Gasteiger partial charge in [0.15, 0.2) is 0 Å². The van der Waals surface area contributed by atoms with E-state index in [0.717, 1.165) is 11.1 Å². The summed E-state index contributed by atoms with van der Waals surface area (Å²) in [4.78, 5) is 44.2. The zero-order chi connectivity index (χ0) is 34.7. The maximum absolute atomic E-state index is 12.3. The Labute approximate surface area is 282 Å². The van der Waals surface area contributed by atoms with Gasteiger partial charge in [0.1, 0.15) is 18.2 Å². The average Bonchev–Trinajstić information content (AvgIpc) is 3.08. The monoisotopic (exact) mass is 676 g/mol. The zero-order valence-corrected chi connectivity index (χ0v) is 28.0. The van der Waals surface area contributed by atoms with Crippen LogP contribution in [0.15, 0.2) is 36.5 Å². The Kier molecular flexibility index (Phi) is 22.1. The number of hydrogen-bond acceptors (Lipinski definition) is 13. The Morgan fingerprint density at radius 2 is 1.38 bits per heavy atom. The molecule has 0 saturated carbocycles. The van der Waals surface area contributed by atoms with Crippen molar-refractivity contribution in [1.82, 2.24) is 20.6 Å². The number of aromatic nitrogens is 2. The predicted molar refractivity (Wildman–Crippen MR) is 178 cm³/mol. The third-order valence-electron chi connectivity index (χ3n) is 6.66. The molecule has 6 N–H and O–H groups in total. The molecule has 268 valence electrons. The third-order valence-corrected chi connectivity index (χ3v) is 6.66. The van der Waals surface area contributed by atoms with Gasteiger partial charge in [0.05, 0.1) is 65.3 Å². The van der Waals surface area contributed by atoms with Crippen LogP contribution in [-0.2, 0) is 51.1 Å². The van der Waals surface area contributed by atoms with E-state index in [0.29, 0.717) is 111 Å². The van der Waals surface area contributed by atoms with Gasteiger partial charge in [0, 0.05) is 45.3 Å². The molecule has 0 radical (unpaired) electrons. The summed E-state index contributed by atoms with van der Waals surface area (Å²) < 4.78 is 32.5. The minimum Gasteiger partial charge on any atom is -0.459 e. The second-order valence-corrected chi connectivity index (χ2v) is 10.6. The first kappa shape index (κ1) is 40.4. The van der Waals surface area contributed by atoms with E-state index in [9.17, 15) is 14.4 Å². The first-order valence-electron chi connectivity index (χ1n) is 16.4. The minimum absolute atomic E-state index is 0.116. The Hall–Kier alpha value is -3.73. The first-order chi connectivity index (χ1) is 23.4. The fourth-order valence-electron chi connectivity index (χ4n) is 4.06. The van der Waals surface area contributed by atoms with Gasteiger partial charge in [0.2, 0.25) is 11.8 Å². The van der Waals surface area contributed by atoms with Crippen molar-refractivity contribution >= 4 is 23.4 Å². The molecule has 0 spiro atoms. The van der Waals surface area contributed by atoms with E-state index in [1.54, 1.807) is 12.3 Å². The summed E-state index contributed by atoms with van der Waals surface area (Å²) in [7, 11) is 0. The molecule has 15 nitrogen and oxygen atoms in total. The highest BCUT2D eigenvalue weighted by molar-refractivity contribution is 5.88. The number of amides is 2. The third kappa shape index (κ3) is 20.5. The summed E-state index contributed by atoms with van der Waals surface area (Å²) in [5, 5.41) is 5.31. The van der Waals surface area contributed by atoms with Gasteiger partial charge in [-0.3, -0.25) is 14.4 Å². The van der Waals surface area contributed by atoms with E-state index >= 15 is 0 Å². The Morgan fingerprint density at radius 1 is 0.771 bits per heavy atom. The second-order valence-electron chi connectivity index (χ2n) is 10.6. The molecule has 2 aromatic rings. The number of nitrogen functional groups attached to an aromatic ring is 1. The summed E-state index contributed by atoms with van der Waals surface area (Å²) in [5.74, 6) is -0.182. The van der Waals surface area contributed by atoms with Crippen LogP contribution in [0.25, 0.3) is 0 Å². The van der Waals surface area contributed by atoms with Crippen molar-refractivity contribution in [3.63, 3.8) is 0 Å². The van der Waals surface area contributed by atoms with Crippen molar-refractivity contribution in [2.24, 2.45) is 5.73 Å². The van der Waals surface area contributed by atoms with Crippen LogP contribution in [0.2, 0.25) is 0 Å². The number of carbonyl (C=O) groups excluding carboxylic acids is 3. The molecule has 0 saturated heterocycles. The Balaban J connectivity index is 1.35. The average molecular weight is 677 g/mol. The van der Waals surface area contributed by atoms with Crippen molar-refractivity contribution in [3.05, 3.63) is 47.7 Å². The lowest BCUT2D eigenvalue weighted by Gasteiger charge is -2.13. The fourth-order valence-corrected chi connectivity index (χ4v) is 4.06. The van der Waals surface area contributed by atoms with Crippen LogP contribution in [0.1, 0.15) is 43.7 Å². The van der Waals surface area contributed by atoms with E-state index in [1.165, 1.54) is 0 Å². The number of rotatable bonds is 29. The molecule has 1 aromatic carbocycles. The number of nitrogens with one attached hydrogen (secondary N) is 2. The lowest BCUT2D eigenvalue weighted by molar-refractivity contribution is -0.127. The topological polar surface area (TPSA) is 208 Å². The van der Waals surface area contributed by atoms with Crippen LogP contribution in [0.3, 0.4) is 0 Å². The van der Waals surface area contributed by atoms with Crippen LogP contribution in [-0.4, -0.2) is 113 Å². The fraction of sp³-hybridized carbons (Fsp3) is 0.606. The molecule has 1 unspecified atom stereocenters. The van der Waals surface area contributed by atoms with Crippen molar-refractivity contribution < 1.29 is 42.8 Å². The molecule has 0 fully saturated rings. The number of ketones is 1. The van der Waals surface area contributed by atoms with Crippen molar-refractivity contribution in [2.45, 2.75) is 51.7 Å². The molecule has 2 amide bonds. The van der Waals surface area contributed by atoms with Crippen LogP contribution in [0.5, 0.6) is 6.01 Å². The number of benzene rings is 1. The van der Waals surface area contributed by atoms with E-state index in [2.05, 4.69) is 20.6 Å². The van der Waals surface area contributed by atoms with Gasteiger partial charge in [-0.2, -0.15) is 4.98 Å². The molecule has 2 rings (SSSR count). The molecular formula is C33H52N6O9. The molecule has 0 aliphatic rings. The van der Waals surface area contributed by atoms with Crippen molar-refractivity contribution in [1.29, 1.82) is 0 Å². The van der Waals surface area contributed by atoms with E-state index < -0.39 is 11.9 Å². The number of ether oxygens (including phenoxy) is 6. The van der Waals surface area contributed by atoms with E-state index in [1.807, 2.05) is 31.2 Å². The lowest BCUT2D eigenvalue weighted by atomic mass is 10.0. The molecule has 48 heavy (non-hydrogen) atoms. The molecule has 15 heteroatoms. The molecule has 0 bridgehead atoms. The summed E-state index contributed by atoms with van der Waals surface area (Å²) >= 11 is 0. The van der Waals surface area contributed by atoms with E-state index in [4.69, 9.17) is 39.9 Å². The molecule has 0 aliphatic heterocycles. The van der Waals surface area contributed by atoms with Gasteiger partial charge in [-0.15, -0.1) is 0 Å². The number of nitrogens with two attached hydrogens (primary N) is 2. The van der Waals surface area contributed by atoms with Gasteiger partial charge >= 0.3 is 6.01 Å². The molecule has 1 heterocycles. The van der Waals surface area contributed by atoms with Gasteiger partial charge in [0.25, 0.3) is 0 Å². The molecule has 1 aromatic heterocycles. The van der Waals surface area contributed by atoms with Crippen LogP contribution in [0, 0.1) is 0 Å². The highest BCUT2D eigenvalue weighted by atomic mass is 16.5. The summed E-state index contributed by atoms with van der Waals surface area (Å²) in [6.45, 7) is 7.17. The van der Waals surface area contributed by atoms with Gasteiger partial charge < -0.3 is 50.5 Å². The van der Waals surface area contributed by atoms with E-state index in [-0.39, 0.29) is 30.7 Å². The zero-order valence-electron chi connectivity index (χ0n) is 28.0. The summed E-state index contributed by atoms with van der Waals surface area (Å²) in [5.41, 5.74) is 13.5. The molecular weight excluding hydrogens is 624 g/mol. The number of carbonyl (C=O) groups is 3. The maximum atomic E-state index is 12.3. The smallest absolute Gasteiger partial charge is 0.318 e. The highest BCUT2D eigenvalue weighted by Crippen LogP contribution is 2.11. The Bertz CT molecular complexity index is 1170. The van der Waals surface area contributed by atoms with Crippen LogP contribution in [0.4, 0.5) is 5.82 Å². The number of Topliss-reactive ketones (excluding diaryl/α,β-unsaturated/α-hetero) is 1. The predicted octanol–water partition coefficient (Wildman–Crippen LogP) is 0.972. The van der Waals surface area contributed by atoms with Gasteiger partial charge in [-0.1, -0.05) is 24.3 Å². The van der Waals surface area contributed by atoms with Crippen LogP contribution < -0.4 is 26.8 Å². The number of aryl methyl sites for hydroxylation is 1. The van der Waals surface area contributed by atoms with Crippen molar-refractivity contribution in [3.8, 4) is 6.01 Å². The largest absolute Gasteiger partial charge is 0.459 e. The first-order valence-corrected chi connectivity index (χ1v) is 16.4. The van der Waals surface area contributed by atoms with Gasteiger partial charge in [-0.05, 0) is 37.0 Å². The quantitative estimate of drug-likeness (QED) is 0.0887. The summed E-state index contributed by atoms with van der Waals surface area (Å²) in [6, 6.07) is 8.79. The maximum Gasteiger partial charge on any atom is 0.318 e. The van der Waals surface area contributed by atoms with Gasteiger partial charge in [-0.25, -0.2) is 4.98 Å².